The summed E-state index contributed by atoms with van der Waals surface area (Å²) in [5.41, 5.74) is 3.78. The number of ether oxygens (including phenoxy) is 4. The van der Waals surface area contributed by atoms with E-state index >= 15 is 0 Å². The minimum absolute atomic E-state index is 0.101. The van der Waals surface area contributed by atoms with E-state index in [4.69, 9.17) is 18.9 Å². The van der Waals surface area contributed by atoms with Crippen molar-refractivity contribution in [3.05, 3.63) is 46.6 Å². The third-order valence-corrected chi connectivity index (χ3v) is 7.66. The summed E-state index contributed by atoms with van der Waals surface area (Å²) in [5.74, 6) is -2.73. The molecule has 3 aliphatic rings. The first-order valence-electron chi connectivity index (χ1n) is 13.9. The molecule has 3 atom stereocenters. The Balaban J connectivity index is 1.27. The maximum atomic E-state index is 12.6. The molecule has 0 radical (unpaired) electrons. The van der Waals surface area contributed by atoms with E-state index in [1.54, 1.807) is 24.0 Å². The zero-order chi connectivity index (χ0) is 30.4. The van der Waals surface area contributed by atoms with Crippen LogP contribution in [0.25, 0.3) is 0 Å². The van der Waals surface area contributed by atoms with Gasteiger partial charge < -0.3 is 48.5 Å². The molecule has 0 saturated carbocycles. The quantitative estimate of drug-likeness (QED) is 0.266. The van der Waals surface area contributed by atoms with Crippen molar-refractivity contribution < 1.29 is 48.3 Å². The second-order valence-electron chi connectivity index (χ2n) is 10.7. The molecule has 1 aliphatic carbocycles. The third-order valence-electron chi connectivity index (χ3n) is 7.66. The fourth-order valence-corrected chi connectivity index (χ4v) is 5.25. The average Bonchev–Trinajstić information content (AvgIpc) is 3.58. The van der Waals surface area contributed by atoms with Gasteiger partial charge in [0.25, 0.3) is 0 Å². The van der Waals surface area contributed by atoms with Gasteiger partial charge in [-0.2, -0.15) is 0 Å². The van der Waals surface area contributed by atoms with Gasteiger partial charge in [-0.25, -0.2) is 0 Å². The fraction of sp³-hybridized carbons (Fsp3) is 0.533. The molecule has 0 aromatic heterocycles. The number of carbonyl (C=O) groups is 4. The van der Waals surface area contributed by atoms with Crippen molar-refractivity contribution in [3.63, 3.8) is 0 Å². The SMILES string of the molecule is COc1cc2c(cc1OCCCOC1C=C3CN(C(=O)C[C@H](C)C(=O)[O-])CC3=CC1OC)CN(C(=O)CCC(=O)[O-])C2. The van der Waals surface area contributed by atoms with Crippen molar-refractivity contribution in [2.45, 2.75) is 57.9 Å². The van der Waals surface area contributed by atoms with Gasteiger partial charge in [-0.3, -0.25) is 9.59 Å². The summed E-state index contributed by atoms with van der Waals surface area (Å²) >= 11 is 0. The fourth-order valence-electron chi connectivity index (χ4n) is 5.25. The van der Waals surface area contributed by atoms with E-state index in [1.165, 1.54) is 6.92 Å². The molecule has 0 spiro atoms. The van der Waals surface area contributed by atoms with Gasteiger partial charge in [0.1, 0.15) is 12.2 Å². The molecular formula is C30H36N2O10-2. The smallest absolute Gasteiger partial charge is 0.223 e. The zero-order valence-corrected chi connectivity index (χ0v) is 24.1. The van der Waals surface area contributed by atoms with Crippen LogP contribution in [0, 0.1) is 5.92 Å². The van der Waals surface area contributed by atoms with E-state index in [9.17, 15) is 29.4 Å². The summed E-state index contributed by atoms with van der Waals surface area (Å²) in [5, 5.41) is 21.7. The number of rotatable bonds is 14. The van der Waals surface area contributed by atoms with Gasteiger partial charge in [0.15, 0.2) is 11.5 Å². The number of carboxylic acids is 2. The minimum Gasteiger partial charge on any atom is -0.550 e. The van der Waals surface area contributed by atoms with Crippen LogP contribution in [-0.4, -0.2) is 86.3 Å². The van der Waals surface area contributed by atoms with Crippen LogP contribution in [0.4, 0.5) is 0 Å². The van der Waals surface area contributed by atoms with Gasteiger partial charge in [-0.05, 0) is 53.0 Å². The number of carbonyl (C=O) groups excluding carboxylic acids is 4. The number of nitrogens with zero attached hydrogens (tertiary/aromatic N) is 2. The number of fused-ring (bicyclic) bond motifs is 2. The summed E-state index contributed by atoms with van der Waals surface area (Å²) in [7, 11) is 3.14. The predicted octanol–water partition coefficient (Wildman–Crippen LogP) is -0.279. The largest absolute Gasteiger partial charge is 0.550 e. The highest BCUT2D eigenvalue weighted by Gasteiger charge is 2.33. The molecule has 2 unspecified atom stereocenters. The Morgan fingerprint density at radius 3 is 2.07 bits per heavy atom. The van der Waals surface area contributed by atoms with Crippen LogP contribution in [0.1, 0.15) is 43.7 Å². The van der Waals surface area contributed by atoms with Crippen LogP contribution in [-0.2, 0) is 41.7 Å². The maximum Gasteiger partial charge on any atom is 0.223 e. The minimum atomic E-state index is -1.25. The molecular weight excluding hydrogens is 548 g/mol. The first-order valence-corrected chi connectivity index (χ1v) is 13.9. The molecule has 2 aliphatic heterocycles. The number of methoxy groups -OCH3 is 2. The van der Waals surface area contributed by atoms with Crippen LogP contribution in [0.15, 0.2) is 35.4 Å². The van der Waals surface area contributed by atoms with Gasteiger partial charge in [0, 0.05) is 70.4 Å². The molecule has 12 nitrogen and oxygen atoms in total. The second-order valence-corrected chi connectivity index (χ2v) is 10.7. The highest BCUT2D eigenvalue weighted by molar-refractivity contribution is 5.83. The number of hydrogen-bond donors (Lipinski definition) is 0. The van der Waals surface area contributed by atoms with Crippen molar-refractivity contribution in [2.75, 3.05) is 40.5 Å². The van der Waals surface area contributed by atoms with Crippen LogP contribution >= 0.6 is 0 Å². The molecule has 2 heterocycles. The van der Waals surface area contributed by atoms with Gasteiger partial charge in [-0.15, -0.1) is 0 Å². The number of amides is 2. The molecule has 42 heavy (non-hydrogen) atoms. The third kappa shape index (κ3) is 7.48. The molecule has 12 heteroatoms. The normalized spacial score (nSPS) is 19.9. The van der Waals surface area contributed by atoms with Crippen molar-refractivity contribution in [1.29, 1.82) is 0 Å². The number of aliphatic carboxylic acids is 2. The van der Waals surface area contributed by atoms with Crippen molar-refractivity contribution in [1.82, 2.24) is 9.80 Å². The summed E-state index contributed by atoms with van der Waals surface area (Å²) in [6, 6.07) is 3.68. The second kappa shape index (κ2) is 13.8. The molecule has 1 saturated heterocycles. The first-order chi connectivity index (χ1) is 20.1. The van der Waals surface area contributed by atoms with E-state index in [0.29, 0.717) is 57.3 Å². The Bertz CT molecular complexity index is 1270. The Hall–Kier alpha value is -3.90. The van der Waals surface area contributed by atoms with Crippen LogP contribution in [0.5, 0.6) is 11.5 Å². The molecule has 1 aromatic rings. The van der Waals surface area contributed by atoms with E-state index in [1.807, 2.05) is 24.3 Å². The molecule has 228 valence electrons. The van der Waals surface area contributed by atoms with Gasteiger partial charge in [0.05, 0.1) is 20.3 Å². The Labute approximate surface area is 244 Å². The molecule has 0 N–H and O–H groups in total. The lowest BCUT2D eigenvalue weighted by Crippen LogP contribution is -2.35. The highest BCUT2D eigenvalue weighted by Crippen LogP contribution is 2.36. The predicted molar refractivity (Wildman–Crippen MR) is 144 cm³/mol. The van der Waals surface area contributed by atoms with Gasteiger partial charge >= 0.3 is 0 Å². The summed E-state index contributed by atoms with van der Waals surface area (Å²) in [6.07, 6.45) is 3.31. The lowest BCUT2D eigenvalue weighted by atomic mass is 9.96. The van der Waals surface area contributed by atoms with Crippen LogP contribution in [0.2, 0.25) is 0 Å². The number of likely N-dealkylation sites (tertiary alicyclic amines) is 1. The van der Waals surface area contributed by atoms with Gasteiger partial charge in [0.2, 0.25) is 11.8 Å². The number of carboxylic acid groups (broad SMARTS) is 2. The lowest BCUT2D eigenvalue weighted by Gasteiger charge is -2.26. The average molecular weight is 585 g/mol. The van der Waals surface area contributed by atoms with Crippen molar-refractivity contribution in [2.24, 2.45) is 5.92 Å². The first kappa shape index (κ1) is 31.0. The molecule has 0 bridgehead atoms. The summed E-state index contributed by atoms with van der Waals surface area (Å²) in [6.45, 7) is 3.74. The molecule has 2 amide bonds. The Morgan fingerprint density at radius 2 is 1.48 bits per heavy atom. The summed E-state index contributed by atoms with van der Waals surface area (Å²) in [4.78, 5) is 49.8. The summed E-state index contributed by atoms with van der Waals surface area (Å²) < 4.78 is 23.2. The van der Waals surface area contributed by atoms with E-state index in [2.05, 4.69) is 0 Å². The highest BCUT2D eigenvalue weighted by atomic mass is 16.5. The van der Waals surface area contributed by atoms with E-state index < -0.39 is 17.9 Å². The van der Waals surface area contributed by atoms with E-state index in [0.717, 1.165) is 22.3 Å². The zero-order valence-electron chi connectivity index (χ0n) is 24.1. The standard InChI is InChI=1S/C30H38N2O10/c1-18(30(37)38)9-28(34)32-16-20-11-24(40-3)26(13-22(20)17-32)42-8-4-7-41-25-12-21-15-31(27(33)5-6-29(35)36)14-19(21)10-23(25)39-2/h10-13,18,24,26H,4-9,14-17H2,1-3H3,(H,35,36)(H,37,38)/p-2/t18-,24?,26?/m0/s1. The van der Waals surface area contributed by atoms with Crippen LogP contribution in [0.3, 0.4) is 0 Å². The maximum absolute atomic E-state index is 12.6. The molecule has 1 fully saturated rings. The molecule has 4 rings (SSSR count). The van der Waals surface area contributed by atoms with Crippen molar-refractivity contribution >= 4 is 23.8 Å². The Morgan fingerprint density at radius 1 is 0.857 bits per heavy atom. The van der Waals surface area contributed by atoms with E-state index in [-0.39, 0.29) is 43.3 Å². The lowest BCUT2D eigenvalue weighted by molar-refractivity contribution is -0.311. The molecule has 1 aromatic carbocycles. The van der Waals surface area contributed by atoms with Crippen LogP contribution < -0.4 is 19.7 Å². The van der Waals surface area contributed by atoms with Crippen molar-refractivity contribution in [3.8, 4) is 11.5 Å². The van der Waals surface area contributed by atoms with Gasteiger partial charge in [-0.1, -0.05) is 6.92 Å². The number of benzene rings is 1. The topological polar surface area (TPSA) is 158 Å². The number of hydrogen-bond acceptors (Lipinski definition) is 10. The monoisotopic (exact) mass is 584 g/mol. The Kier molecular flexibility index (Phi) is 10.2.